The fourth-order valence-corrected chi connectivity index (χ4v) is 1.81. The van der Waals surface area contributed by atoms with Crippen molar-refractivity contribution in [2.24, 2.45) is 10.2 Å². The molecule has 12 heteroatoms. The van der Waals surface area contributed by atoms with E-state index in [1.165, 1.54) is 25.3 Å². The van der Waals surface area contributed by atoms with Crippen LogP contribution in [-0.4, -0.2) is 26.9 Å². The van der Waals surface area contributed by atoms with Gasteiger partial charge in [0.25, 0.3) is 11.6 Å². The lowest BCUT2D eigenvalue weighted by molar-refractivity contribution is -0.387. The van der Waals surface area contributed by atoms with Gasteiger partial charge in [0.05, 0.1) is 17.0 Å². The van der Waals surface area contributed by atoms with Gasteiger partial charge in [0.15, 0.2) is 11.4 Å². The number of hydrogen-bond acceptors (Lipinski definition) is 10. The van der Waals surface area contributed by atoms with Crippen molar-refractivity contribution in [3.8, 4) is 5.88 Å². The van der Waals surface area contributed by atoms with E-state index in [0.717, 1.165) is 0 Å². The van der Waals surface area contributed by atoms with Crippen LogP contribution in [0.25, 0.3) is 0 Å². The molecule has 0 bridgehead atoms. The van der Waals surface area contributed by atoms with E-state index in [-0.39, 0.29) is 35.4 Å². The molecule has 2 rings (SSSR count). The maximum absolute atomic E-state index is 11.1. The van der Waals surface area contributed by atoms with Crippen molar-refractivity contribution in [2.75, 3.05) is 12.8 Å². The molecule has 0 atom stereocenters. The normalized spacial score (nSPS) is 10.7. The van der Waals surface area contributed by atoms with E-state index < -0.39 is 15.5 Å². The quantitative estimate of drug-likeness (QED) is 0.475. The van der Waals surface area contributed by atoms with E-state index in [4.69, 9.17) is 10.5 Å². The molecule has 2 N–H and O–H groups in total. The minimum Gasteiger partial charge on any atom is -0.476 e. The highest BCUT2D eigenvalue weighted by molar-refractivity contribution is 5.56. The molecule has 24 heavy (non-hydrogen) atoms. The first-order valence-electron chi connectivity index (χ1n) is 6.39. The van der Waals surface area contributed by atoms with Crippen molar-refractivity contribution < 1.29 is 14.6 Å². The van der Waals surface area contributed by atoms with Gasteiger partial charge < -0.3 is 10.5 Å². The van der Waals surface area contributed by atoms with Crippen LogP contribution in [0.3, 0.4) is 0 Å². The van der Waals surface area contributed by atoms with Gasteiger partial charge in [0.2, 0.25) is 5.95 Å². The minimum absolute atomic E-state index is 0.0131. The van der Waals surface area contributed by atoms with Gasteiger partial charge in [-0.25, -0.2) is 4.98 Å². The highest BCUT2D eigenvalue weighted by Gasteiger charge is 2.25. The number of para-hydroxylation sites is 1. The summed E-state index contributed by atoms with van der Waals surface area (Å²) in [6.07, 6.45) is 0. The molecule has 2 aromatic rings. The fraction of sp³-hybridized carbons (Fsp3) is 0.167. The number of hydrogen-bond donors (Lipinski definition) is 1. The molecule has 0 aliphatic rings. The first kappa shape index (κ1) is 16.7. The molecule has 12 nitrogen and oxygen atoms in total. The van der Waals surface area contributed by atoms with Crippen LogP contribution in [0.5, 0.6) is 5.88 Å². The van der Waals surface area contributed by atoms with Crippen LogP contribution in [0.1, 0.15) is 5.69 Å². The van der Waals surface area contributed by atoms with E-state index in [9.17, 15) is 20.2 Å². The summed E-state index contributed by atoms with van der Waals surface area (Å²) in [4.78, 5) is 28.1. The highest BCUT2D eigenvalue weighted by atomic mass is 16.6. The van der Waals surface area contributed by atoms with Crippen LogP contribution in [0, 0.1) is 20.2 Å². The maximum atomic E-state index is 11.1. The SMILES string of the molecule is COc1nc(N)nc(CN=Nc2ccccc2[N+](=O)[O-])c1[N+](=O)[O-]. The van der Waals surface area contributed by atoms with Gasteiger partial charge >= 0.3 is 5.69 Å². The third kappa shape index (κ3) is 3.55. The molecule has 0 saturated heterocycles. The number of azo groups is 1. The lowest BCUT2D eigenvalue weighted by atomic mass is 10.3. The van der Waals surface area contributed by atoms with Crippen molar-refractivity contribution in [3.63, 3.8) is 0 Å². The molecule has 0 saturated carbocycles. The largest absolute Gasteiger partial charge is 0.476 e. The Balaban J connectivity index is 2.34. The molecular formula is C12H11N7O5. The summed E-state index contributed by atoms with van der Waals surface area (Å²) in [5.74, 6) is -0.531. The second-order valence-corrected chi connectivity index (χ2v) is 4.29. The molecule has 0 radical (unpaired) electrons. The Hall–Kier alpha value is -3.70. The van der Waals surface area contributed by atoms with Crippen molar-refractivity contribution >= 4 is 23.0 Å². The van der Waals surface area contributed by atoms with E-state index >= 15 is 0 Å². The topological polar surface area (TPSA) is 172 Å². The molecule has 0 aliphatic heterocycles. The van der Waals surface area contributed by atoms with Crippen molar-refractivity contribution in [2.45, 2.75) is 6.54 Å². The predicted molar refractivity (Wildman–Crippen MR) is 81.0 cm³/mol. The van der Waals surface area contributed by atoms with Crippen LogP contribution >= 0.6 is 0 Å². The number of nitrogens with two attached hydrogens (primary N) is 1. The lowest BCUT2D eigenvalue weighted by Gasteiger charge is -2.04. The number of nitro benzene ring substituents is 1. The molecule has 0 spiro atoms. The third-order valence-corrected chi connectivity index (χ3v) is 2.79. The molecule has 0 aliphatic carbocycles. The molecular weight excluding hydrogens is 322 g/mol. The highest BCUT2D eigenvalue weighted by Crippen LogP contribution is 2.30. The van der Waals surface area contributed by atoms with Gasteiger partial charge in [-0.15, -0.1) is 5.11 Å². The summed E-state index contributed by atoms with van der Waals surface area (Å²) in [6, 6.07) is 5.70. The fourth-order valence-electron chi connectivity index (χ4n) is 1.81. The van der Waals surface area contributed by atoms with Crippen LogP contribution < -0.4 is 10.5 Å². The number of nitrogen functional groups attached to an aromatic ring is 1. The Bertz CT molecular complexity index is 823. The zero-order valence-corrected chi connectivity index (χ0v) is 12.3. The number of benzene rings is 1. The number of nitrogens with zero attached hydrogens (tertiary/aromatic N) is 6. The van der Waals surface area contributed by atoms with Gasteiger partial charge in [-0.2, -0.15) is 10.1 Å². The van der Waals surface area contributed by atoms with E-state index in [1.54, 1.807) is 6.07 Å². The van der Waals surface area contributed by atoms with Crippen LogP contribution in [-0.2, 0) is 6.54 Å². The second-order valence-electron chi connectivity index (χ2n) is 4.29. The summed E-state index contributed by atoms with van der Waals surface area (Å²) < 4.78 is 4.81. The van der Waals surface area contributed by atoms with Crippen molar-refractivity contribution in [1.29, 1.82) is 0 Å². The number of ether oxygens (including phenoxy) is 1. The average molecular weight is 333 g/mol. The van der Waals surface area contributed by atoms with E-state index in [0.29, 0.717) is 0 Å². The first-order valence-corrected chi connectivity index (χ1v) is 6.39. The van der Waals surface area contributed by atoms with Gasteiger partial charge in [-0.05, 0) is 6.07 Å². The van der Waals surface area contributed by atoms with Gasteiger partial charge in [0.1, 0.15) is 6.54 Å². The molecule has 1 aromatic carbocycles. The van der Waals surface area contributed by atoms with E-state index in [2.05, 4.69) is 20.2 Å². The van der Waals surface area contributed by atoms with Gasteiger partial charge in [-0.1, -0.05) is 12.1 Å². The molecule has 124 valence electrons. The Morgan fingerprint density at radius 1 is 1.21 bits per heavy atom. The van der Waals surface area contributed by atoms with Crippen LogP contribution in [0.2, 0.25) is 0 Å². The molecule has 0 amide bonds. The second kappa shape index (κ2) is 7.04. The summed E-state index contributed by atoms with van der Waals surface area (Å²) in [5, 5.41) is 29.5. The zero-order chi connectivity index (χ0) is 17.7. The van der Waals surface area contributed by atoms with Gasteiger partial charge in [-0.3, -0.25) is 20.2 Å². The molecule has 1 heterocycles. The number of rotatable bonds is 6. The molecule has 0 unspecified atom stereocenters. The Labute approximate surface area is 134 Å². The third-order valence-electron chi connectivity index (χ3n) is 2.79. The Morgan fingerprint density at radius 3 is 2.54 bits per heavy atom. The Kier molecular flexibility index (Phi) is 4.89. The number of aromatic nitrogens is 2. The van der Waals surface area contributed by atoms with Crippen LogP contribution in [0.15, 0.2) is 34.5 Å². The smallest absolute Gasteiger partial charge is 0.354 e. The standard InChI is InChI=1S/C12H11N7O5/c1-24-11-10(19(22)23)8(15-12(13)16-11)6-14-17-7-4-2-3-5-9(7)18(20)21/h2-5H,6H2,1H3,(H2,13,15,16). The summed E-state index contributed by atoms with van der Waals surface area (Å²) in [7, 11) is 1.20. The lowest BCUT2D eigenvalue weighted by Crippen LogP contribution is -2.06. The number of nitro groups is 2. The maximum Gasteiger partial charge on any atom is 0.354 e. The molecule has 1 aromatic heterocycles. The van der Waals surface area contributed by atoms with E-state index in [1.807, 2.05) is 0 Å². The summed E-state index contributed by atoms with van der Waals surface area (Å²) in [5.41, 5.74) is 4.63. The predicted octanol–water partition coefficient (Wildman–Crippen LogP) is 2.17. The van der Waals surface area contributed by atoms with Crippen LogP contribution in [0.4, 0.5) is 23.0 Å². The summed E-state index contributed by atoms with van der Waals surface area (Å²) >= 11 is 0. The van der Waals surface area contributed by atoms with Crippen molar-refractivity contribution in [1.82, 2.24) is 9.97 Å². The van der Waals surface area contributed by atoms with Crippen molar-refractivity contribution in [3.05, 3.63) is 50.2 Å². The first-order chi connectivity index (χ1) is 11.4. The minimum atomic E-state index is -0.728. The molecule has 0 fully saturated rings. The number of anilines is 1. The average Bonchev–Trinajstić information content (AvgIpc) is 2.54. The zero-order valence-electron chi connectivity index (χ0n) is 12.3. The number of methoxy groups -OCH3 is 1. The van der Waals surface area contributed by atoms with Gasteiger partial charge in [0, 0.05) is 6.07 Å². The monoisotopic (exact) mass is 333 g/mol. The summed E-state index contributed by atoms with van der Waals surface area (Å²) in [6.45, 7) is -0.328. The Morgan fingerprint density at radius 2 is 1.92 bits per heavy atom.